The van der Waals surface area contributed by atoms with Crippen LogP contribution in [0.25, 0.3) is 11.0 Å². The molecule has 0 aliphatic carbocycles. The molecule has 0 aliphatic rings. The summed E-state index contributed by atoms with van der Waals surface area (Å²) in [5.74, 6) is -0.205. The maximum atomic E-state index is 11.3. The van der Waals surface area contributed by atoms with Crippen LogP contribution in [-0.2, 0) is 0 Å². The summed E-state index contributed by atoms with van der Waals surface area (Å²) in [5, 5.41) is 8.75. The Hall–Kier alpha value is -1.81. The molecular formula is C9H6O4. The highest BCUT2D eigenvalue weighted by molar-refractivity contribution is 5.76. The predicted octanol–water partition coefficient (Wildman–Crippen LogP) is 1.64. The second-order valence-corrected chi connectivity index (χ2v) is 2.52. The fourth-order valence-electron chi connectivity index (χ4n) is 1.13. The molecule has 66 valence electrons. The van der Waals surface area contributed by atoms with Gasteiger partial charge in [-0.1, -0.05) is 12.1 Å². The van der Waals surface area contributed by atoms with Crippen molar-refractivity contribution >= 4 is 11.0 Å². The fourth-order valence-corrected chi connectivity index (χ4v) is 1.13. The first kappa shape index (κ1) is 7.82. The van der Waals surface area contributed by atoms with E-state index in [1.165, 1.54) is 0 Å². The molecule has 4 heteroatoms. The number of fused-ring (bicyclic) bond motifs is 1. The van der Waals surface area contributed by atoms with Gasteiger partial charge in [0.2, 0.25) is 0 Å². The smallest absolute Gasteiger partial charge is 0.326 e. The van der Waals surface area contributed by atoms with Crippen LogP contribution in [0.4, 0.5) is 0 Å². The van der Waals surface area contributed by atoms with E-state index in [1.54, 1.807) is 24.3 Å². The van der Waals surface area contributed by atoms with Crippen LogP contribution in [0, 0.1) is 0 Å². The molecular weight excluding hydrogens is 172 g/mol. The normalized spacial score (nSPS) is 10.2. The van der Waals surface area contributed by atoms with Gasteiger partial charge in [0, 0.05) is 0 Å². The first-order valence-electron chi connectivity index (χ1n) is 3.65. The Morgan fingerprint density at radius 3 is 2.85 bits per heavy atom. The van der Waals surface area contributed by atoms with Crippen molar-refractivity contribution in [2.75, 3.05) is 0 Å². The van der Waals surface area contributed by atoms with Crippen molar-refractivity contribution in [3.05, 3.63) is 40.6 Å². The number of para-hydroxylation sites is 1. The van der Waals surface area contributed by atoms with Gasteiger partial charge in [0.05, 0.1) is 11.5 Å². The number of benzene rings is 1. The van der Waals surface area contributed by atoms with Crippen molar-refractivity contribution in [2.45, 2.75) is 0 Å². The van der Waals surface area contributed by atoms with E-state index in [-0.39, 0.29) is 11.4 Å². The van der Waals surface area contributed by atoms with Crippen LogP contribution in [-0.4, -0.2) is 5.26 Å². The Labute approximate surface area is 72.9 Å². The zero-order valence-corrected chi connectivity index (χ0v) is 6.56. The highest BCUT2D eigenvalue weighted by Crippen LogP contribution is 2.15. The Morgan fingerprint density at radius 2 is 2.08 bits per heavy atom. The van der Waals surface area contributed by atoms with E-state index in [0.717, 1.165) is 6.07 Å². The van der Waals surface area contributed by atoms with Crippen molar-refractivity contribution in [1.82, 2.24) is 0 Å². The van der Waals surface area contributed by atoms with E-state index in [2.05, 4.69) is 4.89 Å². The molecule has 0 radical (unpaired) electrons. The summed E-state index contributed by atoms with van der Waals surface area (Å²) in [4.78, 5) is 15.1. The van der Waals surface area contributed by atoms with Gasteiger partial charge in [-0.25, -0.2) is 0 Å². The monoisotopic (exact) mass is 178 g/mol. The van der Waals surface area contributed by atoms with E-state index in [4.69, 9.17) is 9.67 Å². The van der Waals surface area contributed by atoms with E-state index < -0.39 is 0 Å². The maximum absolute atomic E-state index is 11.3. The highest BCUT2D eigenvalue weighted by atomic mass is 17.1. The molecule has 0 amide bonds. The van der Waals surface area contributed by atoms with E-state index in [0.29, 0.717) is 11.0 Å². The standard InChI is InChI=1S/C9H6O4/c10-7-5-9(13-11)12-8-4-2-1-3-6(7)8/h1-5,11H. The Kier molecular flexibility index (Phi) is 1.75. The molecule has 2 aromatic rings. The van der Waals surface area contributed by atoms with Gasteiger partial charge >= 0.3 is 5.95 Å². The van der Waals surface area contributed by atoms with Gasteiger partial charge in [0.25, 0.3) is 0 Å². The third-order valence-corrected chi connectivity index (χ3v) is 1.70. The Bertz CT molecular complexity index is 486. The molecule has 0 atom stereocenters. The Morgan fingerprint density at radius 1 is 1.31 bits per heavy atom. The molecule has 1 aromatic heterocycles. The van der Waals surface area contributed by atoms with Crippen LogP contribution in [0.3, 0.4) is 0 Å². The van der Waals surface area contributed by atoms with Crippen molar-refractivity contribution in [3.8, 4) is 5.95 Å². The quantitative estimate of drug-likeness (QED) is 0.532. The number of hydrogen-bond acceptors (Lipinski definition) is 4. The minimum absolute atomic E-state index is 0.205. The summed E-state index contributed by atoms with van der Waals surface area (Å²) in [7, 11) is 0. The molecule has 1 N–H and O–H groups in total. The minimum Gasteiger partial charge on any atom is -0.423 e. The van der Waals surface area contributed by atoms with Gasteiger partial charge in [-0.3, -0.25) is 4.79 Å². The average Bonchev–Trinajstić information content (AvgIpc) is 2.18. The molecule has 0 bridgehead atoms. The SMILES string of the molecule is O=c1cc(OO)oc2ccccc12. The molecule has 1 heterocycles. The van der Waals surface area contributed by atoms with Crippen molar-refractivity contribution in [2.24, 2.45) is 0 Å². The lowest BCUT2D eigenvalue weighted by atomic mass is 10.2. The Balaban J connectivity index is 2.85. The molecule has 0 fully saturated rings. The van der Waals surface area contributed by atoms with Crippen LogP contribution in [0.5, 0.6) is 5.95 Å². The minimum atomic E-state index is -0.245. The van der Waals surface area contributed by atoms with Gasteiger partial charge < -0.3 is 9.30 Å². The molecule has 0 aliphatic heterocycles. The van der Waals surface area contributed by atoms with E-state index in [1.807, 2.05) is 0 Å². The molecule has 0 saturated carbocycles. The molecule has 4 nitrogen and oxygen atoms in total. The van der Waals surface area contributed by atoms with E-state index >= 15 is 0 Å². The number of rotatable bonds is 1. The average molecular weight is 178 g/mol. The third kappa shape index (κ3) is 1.27. The van der Waals surface area contributed by atoms with Crippen LogP contribution in [0.15, 0.2) is 39.5 Å². The van der Waals surface area contributed by atoms with E-state index in [9.17, 15) is 4.79 Å². The summed E-state index contributed by atoms with van der Waals surface area (Å²) in [5.41, 5.74) is 0.143. The lowest BCUT2D eigenvalue weighted by Crippen LogP contribution is -2.00. The largest absolute Gasteiger partial charge is 0.423 e. The third-order valence-electron chi connectivity index (χ3n) is 1.70. The second-order valence-electron chi connectivity index (χ2n) is 2.52. The van der Waals surface area contributed by atoms with Crippen molar-refractivity contribution in [3.63, 3.8) is 0 Å². The predicted molar refractivity (Wildman–Crippen MR) is 45.7 cm³/mol. The first-order valence-corrected chi connectivity index (χ1v) is 3.65. The van der Waals surface area contributed by atoms with Gasteiger partial charge in [-0.2, -0.15) is 5.26 Å². The lowest BCUT2D eigenvalue weighted by molar-refractivity contribution is -0.154. The maximum Gasteiger partial charge on any atom is 0.326 e. The first-order chi connectivity index (χ1) is 6.31. The zero-order valence-electron chi connectivity index (χ0n) is 6.56. The van der Waals surface area contributed by atoms with Gasteiger partial charge in [0.1, 0.15) is 5.58 Å². The molecule has 0 spiro atoms. The summed E-state index contributed by atoms with van der Waals surface area (Å²) >= 11 is 0. The zero-order chi connectivity index (χ0) is 9.26. The van der Waals surface area contributed by atoms with Gasteiger partial charge in [-0.05, 0) is 12.1 Å². The number of hydrogen-bond donors (Lipinski definition) is 1. The topological polar surface area (TPSA) is 59.7 Å². The molecule has 13 heavy (non-hydrogen) atoms. The molecule has 0 saturated heterocycles. The summed E-state index contributed by atoms with van der Waals surface area (Å²) < 4.78 is 5.02. The van der Waals surface area contributed by atoms with Gasteiger partial charge in [0.15, 0.2) is 5.43 Å². The highest BCUT2D eigenvalue weighted by Gasteiger charge is 2.03. The van der Waals surface area contributed by atoms with Crippen molar-refractivity contribution < 1.29 is 14.6 Å². The summed E-state index contributed by atoms with van der Waals surface area (Å²) in [6.07, 6.45) is 0. The molecule has 0 unspecified atom stereocenters. The summed E-state index contributed by atoms with van der Waals surface area (Å²) in [6.45, 7) is 0. The van der Waals surface area contributed by atoms with Crippen molar-refractivity contribution in [1.29, 1.82) is 0 Å². The van der Waals surface area contributed by atoms with Crippen LogP contribution in [0.1, 0.15) is 0 Å². The van der Waals surface area contributed by atoms with Crippen LogP contribution in [0.2, 0.25) is 0 Å². The molecule has 1 aromatic carbocycles. The van der Waals surface area contributed by atoms with Crippen LogP contribution < -0.4 is 10.3 Å². The summed E-state index contributed by atoms with van der Waals surface area (Å²) in [6, 6.07) is 7.81. The van der Waals surface area contributed by atoms with Crippen LogP contribution >= 0.6 is 0 Å². The lowest BCUT2D eigenvalue weighted by Gasteiger charge is -1.97. The second kappa shape index (κ2) is 2.91. The van der Waals surface area contributed by atoms with Gasteiger partial charge in [-0.15, -0.1) is 0 Å². The molecule has 2 rings (SSSR count). The fraction of sp³-hybridized carbons (Fsp3) is 0.